The zero-order chi connectivity index (χ0) is 16.4. The number of halogens is 2. The molecule has 140 valence electrons. The third-order valence-electron chi connectivity index (χ3n) is 4.81. The Kier molecular flexibility index (Phi) is 8.12. The van der Waals surface area contributed by atoms with Crippen molar-refractivity contribution in [3.05, 3.63) is 23.5 Å². The van der Waals surface area contributed by atoms with Gasteiger partial charge in [0.2, 0.25) is 0 Å². The number of likely N-dealkylation sites (tertiary alicyclic amines) is 1. The lowest BCUT2D eigenvalue weighted by Crippen LogP contribution is -2.39. The van der Waals surface area contributed by atoms with Gasteiger partial charge in [0, 0.05) is 31.7 Å². The maximum atomic E-state index is 12.7. The average Bonchev–Trinajstić information content (AvgIpc) is 2.86. The summed E-state index contributed by atoms with van der Waals surface area (Å²) in [5.74, 6) is 0.822. The number of nitrogens with zero attached hydrogens (tertiary/aromatic N) is 4. The van der Waals surface area contributed by atoms with Gasteiger partial charge in [-0.2, -0.15) is 5.10 Å². The fourth-order valence-corrected chi connectivity index (χ4v) is 3.38. The number of carbonyl (C=O) groups is 1. The van der Waals surface area contributed by atoms with Gasteiger partial charge < -0.3 is 10.2 Å². The number of rotatable bonds is 4. The van der Waals surface area contributed by atoms with E-state index in [0.717, 1.165) is 55.1 Å². The topological polar surface area (TPSA) is 63.1 Å². The molecule has 0 radical (unpaired) electrons. The van der Waals surface area contributed by atoms with Crippen LogP contribution in [0.4, 0.5) is 0 Å². The van der Waals surface area contributed by atoms with Gasteiger partial charge in [-0.15, -0.1) is 24.8 Å². The molecule has 2 aromatic heterocycles. The van der Waals surface area contributed by atoms with Crippen molar-refractivity contribution in [3.63, 3.8) is 0 Å². The highest BCUT2D eigenvalue weighted by atomic mass is 35.5. The van der Waals surface area contributed by atoms with Crippen LogP contribution in [0.25, 0.3) is 11.0 Å². The number of fused-ring (bicyclic) bond motifs is 1. The molecule has 1 amide bonds. The number of aryl methyl sites for hydroxylation is 2. The summed E-state index contributed by atoms with van der Waals surface area (Å²) in [5.41, 5.74) is 2.41. The molecule has 25 heavy (non-hydrogen) atoms. The van der Waals surface area contributed by atoms with E-state index in [9.17, 15) is 4.79 Å². The summed E-state index contributed by atoms with van der Waals surface area (Å²) in [6.07, 6.45) is 5.06. The molecule has 3 heterocycles. The van der Waals surface area contributed by atoms with Gasteiger partial charge in [0.1, 0.15) is 0 Å². The lowest BCUT2D eigenvalue weighted by molar-refractivity contribution is 0.0687. The molecule has 3 rings (SSSR count). The van der Waals surface area contributed by atoms with Gasteiger partial charge in [0.05, 0.1) is 11.3 Å². The molecule has 0 bridgehead atoms. The van der Waals surface area contributed by atoms with E-state index in [4.69, 9.17) is 0 Å². The van der Waals surface area contributed by atoms with E-state index in [1.807, 2.05) is 32.0 Å². The van der Waals surface area contributed by atoms with Gasteiger partial charge >= 0.3 is 0 Å². The van der Waals surface area contributed by atoms with Crippen molar-refractivity contribution >= 4 is 41.8 Å². The number of carbonyl (C=O) groups excluding carboxylic acids is 1. The zero-order valence-corrected chi connectivity index (χ0v) is 16.6. The molecule has 2 aromatic rings. The predicted octanol–water partition coefficient (Wildman–Crippen LogP) is 2.58. The van der Waals surface area contributed by atoms with Crippen LogP contribution in [0.15, 0.2) is 12.3 Å². The first-order valence-corrected chi connectivity index (χ1v) is 8.33. The summed E-state index contributed by atoms with van der Waals surface area (Å²) in [6.45, 7) is 4.69. The van der Waals surface area contributed by atoms with Gasteiger partial charge in [-0.25, -0.2) is 4.98 Å². The van der Waals surface area contributed by atoms with E-state index in [2.05, 4.69) is 15.4 Å². The Labute approximate surface area is 161 Å². The third kappa shape index (κ3) is 4.63. The minimum Gasteiger partial charge on any atom is -0.339 e. The molecule has 0 aliphatic carbocycles. The van der Waals surface area contributed by atoms with Crippen LogP contribution in [0.2, 0.25) is 0 Å². The van der Waals surface area contributed by atoms with E-state index < -0.39 is 0 Å². The van der Waals surface area contributed by atoms with E-state index in [0.29, 0.717) is 5.56 Å². The lowest BCUT2D eigenvalue weighted by atomic mass is 9.93. The van der Waals surface area contributed by atoms with Crippen LogP contribution in [0, 0.1) is 12.8 Å². The number of piperidine rings is 1. The molecule has 1 fully saturated rings. The van der Waals surface area contributed by atoms with Gasteiger partial charge in [0.15, 0.2) is 5.65 Å². The molecule has 8 heteroatoms. The van der Waals surface area contributed by atoms with Crippen molar-refractivity contribution in [2.45, 2.75) is 26.2 Å². The van der Waals surface area contributed by atoms with Crippen molar-refractivity contribution in [1.29, 1.82) is 0 Å². The van der Waals surface area contributed by atoms with Crippen LogP contribution in [0.3, 0.4) is 0 Å². The molecular weight excluding hydrogens is 361 g/mol. The largest absolute Gasteiger partial charge is 0.339 e. The molecular formula is C17H27Cl2N5O. The maximum absolute atomic E-state index is 12.7. The summed E-state index contributed by atoms with van der Waals surface area (Å²) < 4.78 is 1.76. The number of nitrogens with one attached hydrogen (secondary N) is 1. The van der Waals surface area contributed by atoms with Gasteiger partial charge in [0.25, 0.3) is 5.91 Å². The molecule has 6 nitrogen and oxygen atoms in total. The summed E-state index contributed by atoms with van der Waals surface area (Å²) >= 11 is 0. The molecule has 0 atom stereocenters. The average molecular weight is 388 g/mol. The summed E-state index contributed by atoms with van der Waals surface area (Å²) in [5, 5.41) is 8.53. The quantitative estimate of drug-likeness (QED) is 0.875. The number of pyridine rings is 1. The smallest absolute Gasteiger partial charge is 0.255 e. The van der Waals surface area contributed by atoms with Gasteiger partial charge in [-0.3, -0.25) is 9.48 Å². The van der Waals surface area contributed by atoms with E-state index in [1.54, 1.807) is 10.9 Å². The number of hydrogen-bond donors (Lipinski definition) is 1. The first-order chi connectivity index (χ1) is 11.1. The van der Waals surface area contributed by atoms with Crippen LogP contribution >= 0.6 is 24.8 Å². The van der Waals surface area contributed by atoms with Crippen molar-refractivity contribution < 1.29 is 4.79 Å². The Morgan fingerprint density at radius 3 is 2.64 bits per heavy atom. The normalized spacial score (nSPS) is 14.9. The predicted molar refractivity (Wildman–Crippen MR) is 105 cm³/mol. The molecule has 1 aliphatic rings. The Hall–Kier alpha value is -1.37. The van der Waals surface area contributed by atoms with Gasteiger partial charge in [-0.1, -0.05) is 0 Å². The van der Waals surface area contributed by atoms with Crippen molar-refractivity contribution in [3.8, 4) is 0 Å². The Morgan fingerprint density at radius 2 is 2.00 bits per heavy atom. The maximum Gasteiger partial charge on any atom is 0.255 e. The first-order valence-electron chi connectivity index (χ1n) is 8.33. The number of aromatic nitrogens is 3. The number of hydrogen-bond acceptors (Lipinski definition) is 4. The fourth-order valence-electron chi connectivity index (χ4n) is 3.38. The Morgan fingerprint density at radius 1 is 1.32 bits per heavy atom. The number of amides is 1. The van der Waals surface area contributed by atoms with Crippen molar-refractivity contribution in [1.82, 2.24) is 25.0 Å². The van der Waals surface area contributed by atoms with Gasteiger partial charge in [-0.05, 0) is 51.8 Å². The van der Waals surface area contributed by atoms with Crippen LogP contribution in [-0.2, 0) is 7.05 Å². The highest BCUT2D eigenvalue weighted by Crippen LogP contribution is 2.23. The monoisotopic (exact) mass is 387 g/mol. The molecule has 1 aliphatic heterocycles. The molecule has 0 unspecified atom stereocenters. The molecule has 0 saturated carbocycles. The van der Waals surface area contributed by atoms with E-state index >= 15 is 0 Å². The lowest BCUT2D eigenvalue weighted by Gasteiger charge is -2.32. The molecule has 1 N–H and O–H groups in total. The molecule has 0 aromatic carbocycles. The SMILES string of the molecule is CNCCC1CCN(C(=O)c2cnc3c(c2)c(C)nn3C)CC1.Cl.Cl. The summed E-state index contributed by atoms with van der Waals surface area (Å²) in [4.78, 5) is 19.1. The second-order valence-electron chi connectivity index (χ2n) is 6.43. The minimum absolute atomic E-state index is 0. The molecule has 1 saturated heterocycles. The van der Waals surface area contributed by atoms with E-state index in [-0.39, 0.29) is 30.7 Å². The minimum atomic E-state index is 0. The van der Waals surface area contributed by atoms with E-state index in [1.165, 1.54) is 6.42 Å². The van der Waals surface area contributed by atoms with Crippen LogP contribution < -0.4 is 5.32 Å². The Balaban J connectivity index is 0.00000156. The first kappa shape index (κ1) is 21.7. The summed E-state index contributed by atoms with van der Waals surface area (Å²) in [7, 11) is 3.86. The third-order valence-corrected chi connectivity index (χ3v) is 4.81. The van der Waals surface area contributed by atoms with Crippen molar-refractivity contribution in [2.75, 3.05) is 26.7 Å². The zero-order valence-electron chi connectivity index (χ0n) is 15.0. The molecule has 0 spiro atoms. The van der Waals surface area contributed by atoms with Crippen molar-refractivity contribution in [2.24, 2.45) is 13.0 Å². The standard InChI is InChI=1S/C17H25N5O.2ClH/c1-12-15-10-14(11-19-16(15)21(3)20-12)17(23)22-8-5-13(6-9-22)4-7-18-2;;/h10-11,13,18H,4-9H2,1-3H3;2*1H. The van der Waals surface area contributed by atoms with Crippen LogP contribution in [0.5, 0.6) is 0 Å². The fraction of sp³-hybridized carbons (Fsp3) is 0.588. The second kappa shape index (κ2) is 9.36. The Bertz CT molecular complexity index is 710. The highest BCUT2D eigenvalue weighted by Gasteiger charge is 2.24. The van der Waals surface area contributed by atoms with Crippen LogP contribution in [-0.4, -0.2) is 52.3 Å². The van der Waals surface area contributed by atoms with Crippen LogP contribution in [0.1, 0.15) is 35.3 Å². The highest BCUT2D eigenvalue weighted by molar-refractivity contribution is 5.97. The summed E-state index contributed by atoms with van der Waals surface area (Å²) in [6, 6.07) is 1.93. The second-order valence-corrected chi connectivity index (χ2v) is 6.43.